The van der Waals surface area contributed by atoms with Gasteiger partial charge in [-0.1, -0.05) is 42.1 Å². The van der Waals surface area contributed by atoms with Crippen LogP contribution in [0.4, 0.5) is 0 Å². The maximum atomic E-state index is 12.8. The van der Waals surface area contributed by atoms with Crippen LogP contribution >= 0.6 is 23.5 Å². The molecular weight excluding hydrogens is 376 g/mol. The van der Waals surface area contributed by atoms with Gasteiger partial charge in [-0.3, -0.25) is 13.8 Å². The molecule has 0 N–H and O–H groups in total. The first-order valence-corrected chi connectivity index (χ1v) is 10.7. The lowest BCUT2D eigenvalue weighted by atomic mass is 10.2. The van der Waals surface area contributed by atoms with Crippen molar-refractivity contribution in [3.63, 3.8) is 0 Å². The average molecular weight is 395 g/mol. The second-order valence-electron chi connectivity index (χ2n) is 5.98. The molecule has 5 nitrogen and oxygen atoms in total. The van der Waals surface area contributed by atoms with Gasteiger partial charge in [-0.15, -0.1) is 28.5 Å². The van der Waals surface area contributed by atoms with E-state index in [1.807, 2.05) is 28.7 Å². The van der Waals surface area contributed by atoms with Gasteiger partial charge >= 0.3 is 0 Å². The summed E-state index contributed by atoms with van der Waals surface area (Å²) >= 11 is 3.34. The maximum Gasteiger partial charge on any atom is 0.263 e. The van der Waals surface area contributed by atoms with Gasteiger partial charge in [0, 0.05) is 17.2 Å². The van der Waals surface area contributed by atoms with E-state index in [1.165, 1.54) is 10.5 Å². The number of allylic oxidation sites excluding steroid dienone is 1. The molecule has 27 heavy (non-hydrogen) atoms. The fourth-order valence-corrected chi connectivity index (χ4v) is 4.29. The number of fused-ring (bicyclic) bond motifs is 3. The number of hydrogen-bond acceptors (Lipinski definition) is 5. The predicted molar refractivity (Wildman–Crippen MR) is 113 cm³/mol. The van der Waals surface area contributed by atoms with E-state index in [2.05, 4.69) is 47.3 Å². The zero-order valence-corrected chi connectivity index (χ0v) is 16.5. The van der Waals surface area contributed by atoms with Gasteiger partial charge in [0.05, 0.1) is 10.9 Å². The molecule has 0 unspecified atom stereocenters. The molecule has 0 aliphatic heterocycles. The molecule has 136 valence electrons. The molecule has 2 aromatic carbocycles. The summed E-state index contributed by atoms with van der Waals surface area (Å²) in [6, 6.07) is 16.1. The molecule has 4 rings (SSSR count). The Balaban J connectivity index is 1.79. The molecule has 7 heteroatoms. The summed E-state index contributed by atoms with van der Waals surface area (Å²) in [6.07, 6.45) is 3.77. The zero-order chi connectivity index (χ0) is 18.8. The lowest BCUT2D eigenvalue weighted by molar-refractivity contribution is 0.783. The van der Waals surface area contributed by atoms with Crippen molar-refractivity contribution in [1.29, 1.82) is 0 Å². The van der Waals surface area contributed by atoms with Crippen molar-refractivity contribution in [3.8, 4) is 0 Å². The quantitative estimate of drug-likeness (QED) is 0.362. The lowest BCUT2D eigenvalue weighted by Crippen LogP contribution is -2.22. The SMILES string of the molecule is C=CCn1c(=O)c2ccccc2n2c(SCc3ccc(SC)cc3)nnc12. The van der Waals surface area contributed by atoms with Gasteiger partial charge in [0.2, 0.25) is 5.78 Å². The van der Waals surface area contributed by atoms with E-state index in [9.17, 15) is 4.79 Å². The van der Waals surface area contributed by atoms with Crippen molar-refractivity contribution >= 4 is 40.2 Å². The minimum Gasteiger partial charge on any atom is -0.272 e. The molecule has 2 aromatic heterocycles. The molecule has 0 aliphatic carbocycles. The number of para-hydroxylation sites is 1. The summed E-state index contributed by atoms with van der Waals surface area (Å²) < 4.78 is 3.57. The number of nitrogens with zero attached hydrogens (tertiary/aromatic N) is 4. The summed E-state index contributed by atoms with van der Waals surface area (Å²) in [6.45, 7) is 4.15. The normalized spacial score (nSPS) is 11.3. The van der Waals surface area contributed by atoms with Gasteiger partial charge in [-0.25, -0.2) is 0 Å². The standard InChI is InChI=1S/C20H18N4OS2/c1-3-12-23-18(25)16-6-4-5-7-17(16)24-19(23)21-22-20(24)27-13-14-8-10-15(26-2)11-9-14/h3-11H,1,12-13H2,2H3. The first-order valence-electron chi connectivity index (χ1n) is 8.46. The first kappa shape index (κ1) is 17.9. The smallest absolute Gasteiger partial charge is 0.263 e. The van der Waals surface area contributed by atoms with Crippen LogP contribution in [0.15, 0.2) is 76.0 Å². The topological polar surface area (TPSA) is 52.2 Å². The van der Waals surface area contributed by atoms with E-state index in [4.69, 9.17) is 0 Å². The Labute approximate surface area is 165 Å². The van der Waals surface area contributed by atoms with Gasteiger partial charge in [-0.05, 0) is 36.1 Å². The summed E-state index contributed by atoms with van der Waals surface area (Å²) in [5, 5.41) is 10.1. The molecule has 0 saturated carbocycles. The minimum atomic E-state index is -0.0744. The third-order valence-electron chi connectivity index (χ3n) is 4.32. The summed E-state index contributed by atoms with van der Waals surface area (Å²) in [5.74, 6) is 1.32. The Bertz CT molecular complexity index is 1180. The Morgan fingerprint density at radius 3 is 2.63 bits per heavy atom. The molecule has 0 bridgehead atoms. The van der Waals surface area contributed by atoms with E-state index >= 15 is 0 Å². The van der Waals surface area contributed by atoms with E-state index in [-0.39, 0.29) is 5.56 Å². The number of thioether (sulfide) groups is 2. The van der Waals surface area contributed by atoms with Crippen LogP contribution in [0.1, 0.15) is 5.56 Å². The Kier molecular flexibility index (Phi) is 5.05. The van der Waals surface area contributed by atoms with Crippen molar-refractivity contribution in [2.24, 2.45) is 0 Å². The Hall–Kier alpha value is -2.51. The first-order chi connectivity index (χ1) is 13.2. The van der Waals surface area contributed by atoms with Crippen molar-refractivity contribution in [2.75, 3.05) is 6.26 Å². The Morgan fingerprint density at radius 1 is 1.11 bits per heavy atom. The number of rotatable bonds is 6. The van der Waals surface area contributed by atoms with Crippen LogP contribution in [0, 0.1) is 0 Å². The molecule has 0 saturated heterocycles. The van der Waals surface area contributed by atoms with Crippen LogP contribution in [0.5, 0.6) is 0 Å². The van der Waals surface area contributed by atoms with E-state index < -0.39 is 0 Å². The number of benzene rings is 2. The maximum absolute atomic E-state index is 12.8. The van der Waals surface area contributed by atoms with Crippen molar-refractivity contribution < 1.29 is 0 Å². The van der Waals surface area contributed by atoms with Gasteiger partial charge < -0.3 is 0 Å². The molecule has 0 atom stereocenters. The van der Waals surface area contributed by atoms with Gasteiger partial charge in [0.15, 0.2) is 5.16 Å². The molecule has 2 heterocycles. The third-order valence-corrected chi connectivity index (χ3v) is 6.06. The largest absolute Gasteiger partial charge is 0.272 e. The Morgan fingerprint density at radius 2 is 1.89 bits per heavy atom. The van der Waals surface area contributed by atoms with Crippen molar-refractivity contribution in [2.45, 2.75) is 22.3 Å². The minimum absolute atomic E-state index is 0.0744. The van der Waals surface area contributed by atoms with Crippen LogP contribution < -0.4 is 5.56 Å². The van der Waals surface area contributed by atoms with Gasteiger partial charge in [0.25, 0.3) is 5.56 Å². The molecular formula is C20H18N4OS2. The van der Waals surface area contributed by atoms with E-state index in [0.29, 0.717) is 17.7 Å². The van der Waals surface area contributed by atoms with Gasteiger partial charge in [0.1, 0.15) is 0 Å². The highest BCUT2D eigenvalue weighted by molar-refractivity contribution is 7.98. The highest BCUT2D eigenvalue weighted by atomic mass is 32.2. The van der Waals surface area contributed by atoms with Crippen LogP contribution in [0.25, 0.3) is 16.7 Å². The van der Waals surface area contributed by atoms with Crippen molar-refractivity contribution in [1.82, 2.24) is 19.2 Å². The molecule has 0 amide bonds. The van der Waals surface area contributed by atoms with E-state index in [0.717, 1.165) is 16.4 Å². The summed E-state index contributed by atoms with van der Waals surface area (Å²) in [5.41, 5.74) is 1.97. The monoisotopic (exact) mass is 394 g/mol. The van der Waals surface area contributed by atoms with Crippen LogP contribution in [0.2, 0.25) is 0 Å². The van der Waals surface area contributed by atoms with Crippen molar-refractivity contribution in [3.05, 3.63) is 77.1 Å². The van der Waals surface area contributed by atoms with Crippen LogP contribution in [-0.4, -0.2) is 25.4 Å². The van der Waals surface area contributed by atoms with E-state index in [1.54, 1.807) is 34.2 Å². The van der Waals surface area contributed by atoms with Gasteiger partial charge in [-0.2, -0.15) is 0 Å². The molecule has 0 aliphatic rings. The predicted octanol–water partition coefficient (Wildman–Crippen LogP) is 4.24. The molecule has 0 spiro atoms. The van der Waals surface area contributed by atoms with Crippen LogP contribution in [-0.2, 0) is 12.3 Å². The highest BCUT2D eigenvalue weighted by Gasteiger charge is 2.16. The van der Waals surface area contributed by atoms with Crippen LogP contribution in [0.3, 0.4) is 0 Å². The third kappa shape index (κ3) is 3.28. The fourth-order valence-electron chi connectivity index (χ4n) is 2.99. The summed E-state index contributed by atoms with van der Waals surface area (Å²) in [7, 11) is 0. The second-order valence-corrected chi connectivity index (χ2v) is 7.80. The highest BCUT2D eigenvalue weighted by Crippen LogP contribution is 2.25. The average Bonchev–Trinajstić information content (AvgIpc) is 3.14. The number of aromatic nitrogens is 4. The molecule has 0 radical (unpaired) electrons. The fraction of sp³-hybridized carbons (Fsp3) is 0.150. The molecule has 4 aromatic rings. The molecule has 0 fully saturated rings. The lowest BCUT2D eigenvalue weighted by Gasteiger charge is -2.09. The second kappa shape index (κ2) is 7.62. The zero-order valence-electron chi connectivity index (χ0n) is 14.8. The number of hydrogen-bond donors (Lipinski definition) is 0. The summed E-state index contributed by atoms with van der Waals surface area (Å²) in [4.78, 5) is 14.1.